The predicted molar refractivity (Wildman–Crippen MR) is 92.9 cm³/mol. The zero-order valence-corrected chi connectivity index (χ0v) is 13.7. The second-order valence-electron chi connectivity index (χ2n) is 6.03. The maximum atomic E-state index is 11.9. The van der Waals surface area contributed by atoms with Gasteiger partial charge >= 0.3 is 5.97 Å². The van der Waals surface area contributed by atoms with Gasteiger partial charge in [0.15, 0.2) is 6.61 Å². The molecule has 1 aliphatic carbocycles. The van der Waals surface area contributed by atoms with Crippen LogP contribution >= 0.6 is 0 Å². The predicted octanol–water partition coefficient (Wildman–Crippen LogP) is 2.77. The van der Waals surface area contributed by atoms with Crippen molar-refractivity contribution in [1.82, 2.24) is 0 Å². The number of esters is 1. The van der Waals surface area contributed by atoms with Gasteiger partial charge in [-0.3, -0.25) is 9.59 Å². The quantitative estimate of drug-likeness (QED) is 0.853. The summed E-state index contributed by atoms with van der Waals surface area (Å²) in [6.07, 6.45) is 3.50. The summed E-state index contributed by atoms with van der Waals surface area (Å²) in [6.45, 7) is -0.330. The van der Waals surface area contributed by atoms with Gasteiger partial charge in [-0.2, -0.15) is 5.26 Å². The number of carbonyl (C=O) groups is 2. The summed E-state index contributed by atoms with van der Waals surface area (Å²) in [6, 6.07) is 14.5. The minimum Gasteiger partial charge on any atom is -0.455 e. The van der Waals surface area contributed by atoms with E-state index in [1.807, 2.05) is 12.1 Å². The molecule has 0 saturated heterocycles. The average Bonchev–Trinajstić information content (AvgIpc) is 3.08. The van der Waals surface area contributed by atoms with Gasteiger partial charge in [0.1, 0.15) is 0 Å². The normalized spacial score (nSPS) is 12.1. The van der Waals surface area contributed by atoms with Gasteiger partial charge in [-0.25, -0.2) is 0 Å². The Bertz CT molecular complexity index is 835. The molecule has 5 nitrogen and oxygen atoms in total. The smallest absolute Gasteiger partial charge is 0.310 e. The van der Waals surface area contributed by atoms with E-state index < -0.39 is 11.9 Å². The number of benzene rings is 2. The Morgan fingerprint density at radius 3 is 2.60 bits per heavy atom. The Morgan fingerprint density at radius 2 is 1.84 bits per heavy atom. The van der Waals surface area contributed by atoms with Crippen molar-refractivity contribution in [3.63, 3.8) is 0 Å². The maximum absolute atomic E-state index is 11.9. The van der Waals surface area contributed by atoms with Crippen LogP contribution in [0.1, 0.15) is 28.7 Å². The number of nitriles is 1. The average molecular weight is 334 g/mol. The van der Waals surface area contributed by atoms with Crippen molar-refractivity contribution in [3.8, 4) is 6.07 Å². The van der Waals surface area contributed by atoms with E-state index in [2.05, 4.69) is 17.4 Å². The molecule has 5 heteroatoms. The lowest BCUT2D eigenvalue weighted by Gasteiger charge is -2.08. The van der Waals surface area contributed by atoms with Crippen molar-refractivity contribution in [1.29, 1.82) is 5.26 Å². The van der Waals surface area contributed by atoms with Crippen molar-refractivity contribution in [2.45, 2.75) is 25.7 Å². The van der Waals surface area contributed by atoms with E-state index in [4.69, 9.17) is 10.00 Å². The fraction of sp³-hybridized carbons (Fsp3) is 0.250. The molecule has 0 radical (unpaired) electrons. The number of hydrogen-bond acceptors (Lipinski definition) is 4. The van der Waals surface area contributed by atoms with Crippen LogP contribution in [0.2, 0.25) is 0 Å². The number of aryl methyl sites for hydroxylation is 2. The molecule has 0 aliphatic heterocycles. The molecule has 0 fully saturated rings. The van der Waals surface area contributed by atoms with Gasteiger partial charge in [-0.05, 0) is 60.2 Å². The Labute approximate surface area is 146 Å². The molecule has 1 aliphatic rings. The molecule has 0 aromatic heterocycles. The Hall–Kier alpha value is -3.13. The molecule has 0 heterocycles. The molecule has 25 heavy (non-hydrogen) atoms. The number of carbonyl (C=O) groups excluding carboxylic acids is 2. The van der Waals surface area contributed by atoms with Crippen LogP contribution in [0.3, 0.4) is 0 Å². The van der Waals surface area contributed by atoms with Gasteiger partial charge in [0.2, 0.25) is 0 Å². The van der Waals surface area contributed by atoms with E-state index in [0.29, 0.717) is 11.3 Å². The number of fused-ring (bicyclic) bond motifs is 1. The van der Waals surface area contributed by atoms with E-state index in [0.717, 1.165) is 18.4 Å². The van der Waals surface area contributed by atoms with Crippen molar-refractivity contribution >= 4 is 17.6 Å². The van der Waals surface area contributed by atoms with Crippen molar-refractivity contribution < 1.29 is 14.3 Å². The monoisotopic (exact) mass is 334 g/mol. The number of amides is 1. The highest BCUT2D eigenvalue weighted by Gasteiger charge is 2.13. The van der Waals surface area contributed by atoms with E-state index in [1.54, 1.807) is 24.3 Å². The molecular formula is C20H18N2O3. The van der Waals surface area contributed by atoms with E-state index in [1.165, 1.54) is 17.5 Å². The van der Waals surface area contributed by atoms with Crippen LogP contribution in [-0.4, -0.2) is 18.5 Å². The van der Waals surface area contributed by atoms with Crippen molar-refractivity contribution in [2.75, 3.05) is 11.9 Å². The Balaban J connectivity index is 1.46. The van der Waals surface area contributed by atoms with Crippen LogP contribution in [0.15, 0.2) is 42.5 Å². The molecule has 1 N–H and O–H groups in total. The molecule has 3 rings (SSSR count). The first-order valence-corrected chi connectivity index (χ1v) is 8.20. The molecular weight excluding hydrogens is 316 g/mol. The van der Waals surface area contributed by atoms with Crippen molar-refractivity contribution in [2.24, 2.45) is 0 Å². The van der Waals surface area contributed by atoms with Gasteiger partial charge in [0, 0.05) is 5.69 Å². The molecule has 0 atom stereocenters. The molecule has 0 unspecified atom stereocenters. The van der Waals surface area contributed by atoms with Crippen LogP contribution < -0.4 is 5.32 Å². The molecule has 2 aromatic carbocycles. The Kier molecular flexibility index (Phi) is 5.10. The number of anilines is 1. The fourth-order valence-corrected chi connectivity index (χ4v) is 2.92. The zero-order valence-electron chi connectivity index (χ0n) is 13.7. The minimum absolute atomic E-state index is 0.164. The number of nitrogens with one attached hydrogen (secondary N) is 1. The van der Waals surface area contributed by atoms with Gasteiger partial charge in [0.05, 0.1) is 18.1 Å². The van der Waals surface area contributed by atoms with E-state index >= 15 is 0 Å². The van der Waals surface area contributed by atoms with E-state index in [9.17, 15) is 9.59 Å². The number of ether oxygens (including phenoxy) is 1. The fourth-order valence-electron chi connectivity index (χ4n) is 2.92. The molecule has 126 valence electrons. The van der Waals surface area contributed by atoms with Crippen LogP contribution in [0.4, 0.5) is 5.69 Å². The van der Waals surface area contributed by atoms with Crippen LogP contribution in [0, 0.1) is 11.3 Å². The van der Waals surface area contributed by atoms with E-state index in [-0.39, 0.29) is 13.0 Å². The molecule has 1 amide bonds. The lowest BCUT2D eigenvalue weighted by atomic mass is 10.0. The molecule has 2 aromatic rings. The summed E-state index contributed by atoms with van der Waals surface area (Å²) >= 11 is 0. The maximum Gasteiger partial charge on any atom is 0.310 e. The standard InChI is InChI=1S/C20H18N2O3/c21-12-14-5-8-18(9-6-14)22-19(23)13-25-20(24)11-15-4-7-16-2-1-3-17(16)10-15/h4-10H,1-3,11,13H2,(H,22,23). The second kappa shape index (κ2) is 7.63. The third kappa shape index (κ3) is 4.45. The third-order valence-corrected chi connectivity index (χ3v) is 4.17. The molecule has 0 bridgehead atoms. The van der Waals surface area contributed by atoms with Gasteiger partial charge in [0.25, 0.3) is 5.91 Å². The summed E-state index contributed by atoms with van der Waals surface area (Å²) < 4.78 is 5.04. The highest BCUT2D eigenvalue weighted by molar-refractivity contribution is 5.92. The molecule has 0 spiro atoms. The summed E-state index contributed by atoms with van der Waals surface area (Å²) in [5, 5.41) is 11.4. The zero-order chi connectivity index (χ0) is 17.6. The summed E-state index contributed by atoms with van der Waals surface area (Å²) in [7, 11) is 0. The first-order chi connectivity index (χ1) is 12.1. The number of nitrogens with zero attached hydrogens (tertiary/aromatic N) is 1. The van der Waals surface area contributed by atoms with Crippen LogP contribution in [-0.2, 0) is 33.6 Å². The van der Waals surface area contributed by atoms with Crippen LogP contribution in [0.25, 0.3) is 0 Å². The van der Waals surface area contributed by atoms with Crippen molar-refractivity contribution in [3.05, 3.63) is 64.7 Å². The topological polar surface area (TPSA) is 79.2 Å². The second-order valence-corrected chi connectivity index (χ2v) is 6.03. The van der Waals surface area contributed by atoms with Gasteiger partial charge in [-0.1, -0.05) is 18.2 Å². The summed E-state index contributed by atoms with van der Waals surface area (Å²) in [4.78, 5) is 23.7. The first kappa shape index (κ1) is 16.7. The number of rotatable bonds is 5. The van der Waals surface area contributed by atoms with Gasteiger partial charge < -0.3 is 10.1 Å². The summed E-state index contributed by atoms with van der Waals surface area (Å²) in [5.74, 6) is -0.833. The first-order valence-electron chi connectivity index (χ1n) is 8.20. The van der Waals surface area contributed by atoms with Crippen LogP contribution in [0.5, 0.6) is 0 Å². The largest absolute Gasteiger partial charge is 0.455 e. The number of hydrogen-bond donors (Lipinski definition) is 1. The lowest BCUT2D eigenvalue weighted by molar-refractivity contribution is -0.146. The third-order valence-electron chi connectivity index (χ3n) is 4.17. The molecule has 0 saturated carbocycles. The van der Waals surface area contributed by atoms with Gasteiger partial charge in [-0.15, -0.1) is 0 Å². The SMILES string of the molecule is N#Cc1ccc(NC(=O)COC(=O)Cc2ccc3c(c2)CCC3)cc1. The Morgan fingerprint density at radius 1 is 1.08 bits per heavy atom. The highest BCUT2D eigenvalue weighted by Crippen LogP contribution is 2.23. The highest BCUT2D eigenvalue weighted by atomic mass is 16.5. The minimum atomic E-state index is -0.423. The summed E-state index contributed by atoms with van der Waals surface area (Å²) in [5.41, 5.74) is 4.65. The lowest BCUT2D eigenvalue weighted by Crippen LogP contribution is -2.21.